The molecule has 1 saturated heterocycles. The van der Waals surface area contributed by atoms with E-state index in [-0.39, 0.29) is 18.2 Å². The molecule has 0 bridgehead atoms. The summed E-state index contributed by atoms with van der Waals surface area (Å²) in [5.74, 6) is -0.256. The highest BCUT2D eigenvalue weighted by molar-refractivity contribution is 5.88. The van der Waals surface area contributed by atoms with Gasteiger partial charge in [0, 0.05) is 26.2 Å². The van der Waals surface area contributed by atoms with Crippen LogP contribution in [0.2, 0.25) is 0 Å². The van der Waals surface area contributed by atoms with Crippen molar-refractivity contribution in [3.8, 4) is 0 Å². The number of carbonyl (C=O) groups excluding carboxylic acids is 2. The molecule has 1 aromatic heterocycles. The SMILES string of the molecule is Cc1ccc(CN2CCNC(=O)[C@@H]2CC(=O)NCCn2cnnn2)cc1. The third-order valence-electron chi connectivity index (χ3n) is 4.38. The number of nitrogens with one attached hydrogen (secondary N) is 2. The van der Waals surface area contributed by atoms with Crippen LogP contribution in [0.1, 0.15) is 17.5 Å². The van der Waals surface area contributed by atoms with Crippen LogP contribution >= 0.6 is 0 Å². The summed E-state index contributed by atoms with van der Waals surface area (Å²) in [7, 11) is 0. The summed E-state index contributed by atoms with van der Waals surface area (Å²) < 4.78 is 1.54. The Morgan fingerprint density at radius 3 is 2.88 bits per heavy atom. The van der Waals surface area contributed by atoms with Crippen molar-refractivity contribution >= 4 is 11.8 Å². The van der Waals surface area contributed by atoms with Crippen molar-refractivity contribution in [2.75, 3.05) is 19.6 Å². The van der Waals surface area contributed by atoms with E-state index >= 15 is 0 Å². The van der Waals surface area contributed by atoms with Crippen LogP contribution < -0.4 is 10.6 Å². The van der Waals surface area contributed by atoms with Crippen LogP contribution in [0.25, 0.3) is 0 Å². The molecule has 0 radical (unpaired) electrons. The van der Waals surface area contributed by atoms with Crippen LogP contribution in [-0.4, -0.2) is 62.6 Å². The molecule has 1 aliphatic rings. The molecule has 1 atom stereocenters. The second-order valence-corrected chi connectivity index (χ2v) is 6.39. The van der Waals surface area contributed by atoms with Crippen LogP contribution in [0.4, 0.5) is 0 Å². The second kappa shape index (κ2) is 8.52. The topological polar surface area (TPSA) is 105 Å². The molecule has 2 N–H and O–H groups in total. The standard InChI is InChI=1S/C17H23N7O2/c1-13-2-4-14(5-3-13)11-23-8-6-19-17(26)15(23)10-16(25)18-7-9-24-12-20-21-22-24/h2-5,12,15H,6-11H2,1H3,(H,18,25)(H,19,26)/t15-/m0/s1. The van der Waals surface area contributed by atoms with Crippen molar-refractivity contribution in [1.82, 2.24) is 35.7 Å². The first kappa shape index (κ1) is 18.0. The molecule has 1 aromatic carbocycles. The van der Waals surface area contributed by atoms with Gasteiger partial charge < -0.3 is 10.6 Å². The van der Waals surface area contributed by atoms with Crippen molar-refractivity contribution < 1.29 is 9.59 Å². The van der Waals surface area contributed by atoms with Crippen molar-refractivity contribution in [3.05, 3.63) is 41.7 Å². The number of carbonyl (C=O) groups is 2. The van der Waals surface area contributed by atoms with Crippen LogP contribution in [0.3, 0.4) is 0 Å². The summed E-state index contributed by atoms with van der Waals surface area (Å²) in [5.41, 5.74) is 2.33. The van der Waals surface area contributed by atoms with Gasteiger partial charge in [-0.25, -0.2) is 4.68 Å². The van der Waals surface area contributed by atoms with E-state index in [1.165, 1.54) is 16.6 Å². The molecule has 3 rings (SSSR count). The van der Waals surface area contributed by atoms with Crippen molar-refractivity contribution in [3.63, 3.8) is 0 Å². The first-order chi connectivity index (χ1) is 12.6. The van der Waals surface area contributed by atoms with Gasteiger partial charge in [0.1, 0.15) is 6.33 Å². The third kappa shape index (κ3) is 4.85. The number of benzene rings is 1. The Balaban J connectivity index is 1.54. The van der Waals surface area contributed by atoms with Gasteiger partial charge in [-0.05, 0) is 22.9 Å². The summed E-state index contributed by atoms with van der Waals surface area (Å²) in [5, 5.41) is 16.5. The lowest BCUT2D eigenvalue weighted by atomic mass is 10.1. The van der Waals surface area contributed by atoms with Gasteiger partial charge in [-0.1, -0.05) is 29.8 Å². The smallest absolute Gasteiger partial charge is 0.237 e. The van der Waals surface area contributed by atoms with E-state index in [1.807, 2.05) is 6.92 Å². The van der Waals surface area contributed by atoms with Gasteiger partial charge in [0.05, 0.1) is 19.0 Å². The van der Waals surface area contributed by atoms with Gasteiger partial charge in [0.2, 0.25) is 11.8 Å². The van der Waals surface area contributed by atoms with Gasteiger partial charge in [0.25, 0.3) is 0 Å². The quantitative estimate of drug-likeness (QED) is 0.691. The minimum Gasteiger partial charge on any atom is -0.354 e. The summed E-state index contributed by atoms with van der Waals surface area (Å²) >= 11 is 0. The number of aromatic nitrogens is 4. The molecule has 9 heteroatoms. The van der Waals surface area contributed by atoms with Crippen LogP contribution in [0.15, 0.2) is 30.6 Å². The van der Waals surface area contributed by atoms with Crippen LogP contribution in [-0.2, 0) is 22.7 Å². The van der Waals surface area contributed by atoms with Crippen LogP contribution in [0.5, 0.6) is 0 Å². The van der Waals surface area contributed by atoms with Gasteiger partial charge >= 0.3 is 0 Å². The predicted molar refractivity (Wildman–Crippen MR) is 93.8 cm³/mol. The Morgan fingerprint density at radius 2 is 2.15 bits per heavy atom. The van der Waals surface area contributed by atoms with E-state index in [0.717, 1.165) is 12.1 Å². The van der Waals surface area contributed by atoms with E-state index in [1.54, 1.807) is 0 Å². The minimum atomic E-state index is -0.460. The maximum atomic E-state index is 12.3. The minimum absolute atomic E-state index is 0.0982. The fraction of sp³-hybridized carbons (Fsp3) is 0.471. The number of hydrogen-bond donors (Lipinski definition) is 2. The Morgan fingerprint density at radius 1 is 1.35 bits per heavy atom. The lowest BCUT2D eigenvalue weighted by Gasteiger charge is -2.34. The van der Waals surface area contributed by atoms with Gasteiger partial charge in [-0.15, -0.1) is 5.10 Å². The molecule has 1 aliphatic heterocycles. The fourth-order valence-electron chi connectivity index (χ4n) is 2.94. The highest BCUT2D eigenvalue weighted by Crippen LogP contribution is 2.14. The van der Waals surface area contributed by atoms with Crippen molar-refractivity contribution in [2.24, 2.45) is 0 Å². The number of nitrogens with zero attached hydrogens (tertiary/aromatic N) is 5. The highest BCUT2D eigenvalue weighted by atomic mass is 16.2. The largest absolute Gasteiger partial charge is 0.354 e. The molecule has 0 saturated carbocycles. The zero-order valence-corrected chi connectivity index (χ0v) is 14.8. The predicted octanol–water partition coefficient (Wildman–Crippen LogP) is -0.512. The summed E-state index contributed by atoms with van der Waals surface area (Å²) in [6, 6.07) is 7.77. The molecular weight excluding hydrogens is 334 g/mol. The third-order valence-corrected chi connectivity index (χ3v) is 4.38. The summed E-state index contributed by atoms with van der Waals surface area (Å²) in [4.78, 5) is 26.6. The Bertz CT molecular complexity index is 730. The van der Waals surface area contributed by atoms with Gasteiger partial charge in [-0.2, -0.15) is 0 Å². The molecule has 0 spiro atoms. The lowest BCUT2D eigenvalue weighted by molar-refractivity contribution is -0.134. The van der Waals surface area contributed by atoms with E-state index in [9.17, 15) is 9.59 Å². The lowest BCUT2D eigenvalue weighted by Crippen LogP contribution is -2.56. The monoisotopic (exact) mass is 357 g/mol. The van der Waals surface area contributed by atoms with Crippen molar-refractivity contribution in [1.29, 1.82) is 0 Å². The van der Waals surface area contributed by atoms with Crippen LogP contribution in [0, 0.1) is 6.92 Å². The molecule has 2 heterocycles. The maximum Gasteiger partial charge on any atom is 0.237 e. The molecule has 1 fully saturated rings. The van der Waals surface area contributed by atoms with E-state index < -0.39 is 6.04 Å². The molecule has 9 nitrogen and oxygen atoms in total. The average Bonchev–Trinajstić information content (AvgIpc) is 3.13. The first-order valence-corrected chi connectivity index (χ1v) is 8.66. The molecule has 2 aromatic rings. The zero-order chi connectivity index (χ0) is 18.4. The summed E-state index contributed by atoms with van der Waals surface area (Å²) in [6.45, 7) is 4.92. The molecule has 2 amide bonds. The highest BCUT2D eigenvalue weighted by Gasteiger charge is 2.31. The Kier molecular flexibility index (Phi) is 5.90. The number of amides is 2. The number of rotatable bonds is 7. The Labute approximate surface area is 151 Å². The van der Waals surface area contributed by atoms with Crippen molar-refractivity contribution in [2.45, 2.75) is 32.5 Å². The molecular formula is C17H23N7O2. The normalized spacial score (nSPS) is 17.7. The number of hydrogen-bond acceptors (Lipinski definition) is 6. The summed E-state index contributed by atoms with van der Waals surface area (Å²) in [6.07, 6.45) is 1.62. The van der Waals surface area contributed by atoms with E-state index in [4.69, 9.17) is 0 Å². The molecule has 26 heavy (non-hydrogen) atoms. The Hall–Kier alpha value is -2.81. The number of tetrazole rings is 1. The number of aryl methyl sites for hydroxylation is 1. The number of piperazine rings is 1. The van der Waals surface area contributed by atoms with Gasteiger partial charge in [0.15, 0.2) is 0 Å². The van der Waals surface area contributed by atoms with E-state index in [0.29, 0.717) is 26.2 Å². The molecule has 0 aliphatic carbocycles. The van der Waals surface area contributed by atoms with E-state index in [2.05, 4.69) is 55.3 Å². The molecule has 0 unspecified atom stereocenters. The average molecular weight is 357 g/mol. The zero-order valence-electron chi connectivity index (χ0n) is 14.8. The first-order valence-electron chi connectivity index (χ1n) is 8.66. The second-order valence-electron chi connectivity index (χ2n) is 6.39. The molecule has 138 valence electrons. The maximum absolute atomic E-state index is 12.3. The van der Waals surface area contributed by atoms with Gasteiger partial charge in [-0.3, -0.25) is 14.5 Å². The fourth-order valence-corrected chi connectivity index (χ4v) is 2.94.